The largest absolute Gasteiger partial charge is 0.494 e. The van der Waals surface area contributed by atoms with Crippen molar-refractivity contribution in [3.63, 3.8) is 0 Å². The number of aromatic nitrogens is 1. The van der Waals surface area contributed by atoms with Gasteiger partial charge in [-0.1, -0.05) is 30.3 Å². The first kappa shape index (κ1) is 11.9. The molecular formula is C18H13NO2. The summed E-state index contributed by atoms with van der Waals surface area (Å²) in [6.45, 7) is 0. The van der Waals surface area contributed by atoms with Crippen molar-refractivity contribution in [1.82, 2.24) is 4.57 Å². The minimum absolute atomic E-state index is 0.0210. The number of nitrogens with zero attached hydrogens (tertiary/aromatic N) is 1. The Balaban J connectivity index is 1.99. The average molecular weight is 275 g/mol. The van der Waals surface area contributed by atoms with Crippen LogP contribution in [-0.4, -0.2) is 14.8 Å². The summed E-state index contributed by atoms with van der Waals surface area (Å²) in [6.07, 6.45) is 0. The van der Waals surface area contributed by atoms with Gasteiger partial charge in [-0.2, -0.15) is 0 Å². The van der Waals surface area contributed by atoms with Crippen LogP contribution in [-0.2, 0) is 0 Å². The predicted molar refractivity (Wildman–Crippen MR) is 84.1 cm³/mol. The fourth-order valence-corrected chi connectivity index (χ4v) is 2.75. The zero-order chi connectivity index (χ0) is 14.4. The van der Waals surface area contributed by atoms with E-state index in [1.54, 1.807) is 0 Å². The Kier molecular flexibility index (Phi) is 2.42. The first-order chi connectivity index (χ1) is 10.2. The smallest absolute Gasteiger partial charge is 0.198 e. The second-order valence-corrected chi connectivity index (χ2v) is 5.12. The van der Waals surface area contributed by atoms with E-state index in [-0.39, 0.29) is 11.8 Å². The summed E-state index contributed by atoms with van der Waals surface area (Å²) in [5, 5.41) is 24.2. The molecule has 1 heterocycles. The molecule has 3 nitrogen and oxygen atoms in total. The molecule has 0 radical (unpaired) electrons. The number of fused-ring (bicyclic) bond motifs is 2. The molecule has 0 fully saturated rings. The van der Waals surface area contributed by atoms with Crippen molar-refractivity contribution in [3.8, 4) is 17.4 Å². The van der Waals surface area contributed by atoms with Crippen LogP contribution >= 0.6 is 0 Å². The highest BCUT2D eigenvalue weighted by Crippen LogP contribution is 2.30. The van der Waals surface area contributed by atoms with Crippen molar-refractivity contribution in [2.45, 2.75) is 0 Å². The van der Waals surface area contributed by atoms with Gasteiger partial charge in [0.05, 0.1) is 5.69 Å². The molecule has 0 aliphatic rings. The van der Waals surface area contributed by atoms with E-state index in [1.165, 1.54) is 27.5 Å². The third-order valence-corrected chi connectivity index (χ3v) is 3.79. The molecule has 0 atom stereocenters. The van der Waals surface area contributed by atoms with E-state index in [9.17, 15) is 10.2 Å². The van der Waals surface area contributed by atoms with Gasteiger partial charge in [0.2, 0.25) is 0 Å². The highest BCUT2D eigenvalue weighted by atomic mass is 16.3. The molecule has 0 saturated carbocycles. The highest BCUT2D eigenvalue weighted by molar-refractivity contribution is 5.98. The molecule has 102 valence electrons. The van der Waals surface area contributed by atoms with Gasteiger partial charge >= 0.3 is 0 Å². The maximum absolute atomic E-state index is 9.83. The molecule has 1 aromatic heterocycles. The first-order valence-corrected chi connectivity index (χ1v) is 6.75. The van der Waals surface area contributed by atoms with E-state index in [4.69, 9.17) is 0 Å². The fourth-order valence-electron chi connectivity index (χ4n) is 2.75. The summed E-state index contributed by atoms with van der Waals surface area (Å²) in [7, 11) is 0. The van der Waals surface area contributed by atoms with Crippen LogP contribution in [0.3, 0.4) is 0 Å². The number of aromatic hydroxyl groups is 2. The lowest BCUT2D eigenvalue weighted by atomic mass is 10.0. The van der Waals surface area contributed by atoms with Crippen LogP contribution in [0, 0.1) is 0 Å². The molecule has 2 N–H and O–H groups in total. The van der Waals surface area contributed by atoms with Crippen LogP contribution in [0.2, 0.25) is 0 Å². The minimum atomic E-state index is 0.0210. The van der Waals surface area contributed by atoms with Gasteiger partial charge in [-0.3, -0.25) is 4.57 Å². The van der Waals surface area contributed by atoms with Crippen LogP contribution in [0.5, 0.6) is 11.8 Å². The fraction of sp³-hybridized carbons (Fsp3) is 0. The topological polar surface area (TPSA) is 45.4 Å². The van der Waals surface area contributed by atoms with Crippen molar-refractivity contribution >= 4 is 21.5 Å². The first-order valence-electron chi connectivity index (χ1n) is 6.75. The summed E-state index contributed by atoms with van der Waals surface area (Å²) >= 11 is 0. The lowest BCUT2D eigenvalue weighted by molar-refractivity contribution is 0.402. The highest BCUT2D eigenvalue weighted by Gasteiger charge is 2.08. The van der Waals surface area contributed by atoms with Crippen LogP contribution < -0.4 is 0 Å². The third kappa shape index (κ3) is 1.82. The van der Waals surface area contributed by atoms with E-state index >= 15 is 0 Å². The van der Waals surface area contributed by atoms with Gasteiger partial charge in [0.1, 0.15) is 0 Å². The average Bonchev–Trinajstić information content (AvgIpc) is 2.83. The maximum atomic E-state index is 9.83. The molecule has 3 heteroatoms. The Morgan fingerprint density at radius 3 is 1.81 bits per heavy atom. The molecule has 4 rings (SSSR count). The molecule has 0 bridgehead atoms. The lowest BCUT2D eigenvalue weighted by Gasteiger charge is -2.09. The van der Waals surface area contributed by atoms with Gasteiger partial charge in [-0.05, 0) is 45.8 Å². The molecular weight excluding hydrogens is 262 g/mol. The minimum Gasteiger partial charge on any atom is -0.494 e. The monoisotopic (exact) mass is 275 g/mol. The molecule has 3 aromatic carbocycles. The molecule has 21 heavy (non-hydrogen) atoms. The number of benzene rings is 3. The molecule has 4 aromatic rings. The van der Waals surface area contributed by atoms with Gasteiger partial charge in [0.15, 0.2) is 11.8 Å². The standard InChI is InChI=1S/C18H13NO2/c20-17-7-8-18(21)19(17)16-6-5-14-9-12-3-1-2-4-13(12)10-15(14)11-16/h1-11,20-21H. The Morgan fingerprint density at radius 2 is 1.14 bits per heavy atom. The van der Waals surface area contributed by atoms with E-state index in [2.05, 4.69) is 24.3 Å². The molecule has 0 saturated heterocycles. The van der Waals surface area contributed by atoms with Crippen molar-refractivity contribution in [2.75, 3.05) is 0 Å². The summed E-state index contributed by atoms with van der Waals surface area (Å²) in [5.41, 5.74) is 0.734. The molecule has 0 spiro atoms. The summed E-state index contributed by atoms with van der Waals surface area (Å²) in [5.74, 6) is 0.0419. The summed E-state index contributed by atoms with van der Waals surface area (Å²) in [4.78, 5) is 0. The third-order valence-electron chi connectivity index (χ3n) is 3.79. The zero-order valence-corrected chi connectivity index (χ0v) is 11.2. The van der Waals surface area contributed by atoms with Crippen LogP contribution in [0.25, 0.3) is 27.2 Å². The molecule has 0 aliphatic carbocycles. The maximum Gasteiger partial charge on any atom is 0.198 e. The Morgan fingerprint density at radius 1 is 0.571 bits per heavy atom. The van der Waals surface area contributed by atoms with Crippen LogP contribution in [0.4, 0.5) is 0 Å². The Labute approximate surface area is 121 Å². The van der Waals surface area contributed by atoms with Gasteiger partial charge < -0.3 is 10.2 Å². The SMILES string of the molecule is Oc1ccc(O)n1-c1ccc2cc3ccccc3cc2c1. The van der Waals surface area contributed by atoms with Gasteiger partial charge in [0.25, 0.3) is 0 Å². The Hall–Kier alpha value is -2.94. The van der Waals surface area contributed by atoms with E-state index in [1.807, 2.05) is 30.3 Å². The second-order valence-electron chi connectivity index (χ2n) is 5.12. The van der Waals surface area contributed by atoms with E-state index < -0.39 is 0 Å². The number of rotatable bonds is 1. The Bertz CT molecular complexity index is 950. The van der Waals surface area contributed by atoms with Crippen molar-refractivity contribution in [1.29, 1.82) is 0 Å². The predicted octanol–water partition coefficient (Wildman–Crippen LogP) is 4.19. The van der Waals surface area contributed by atoms with Crippen molar-refractivity contribution in [2.24, 2.45) is 0 Å². The van der Waals surface area contributed by atoms with Crippen molar-refractivity contribution in [3.05, 3.63) is 66.7 Å². The molecule has 0 unspecified atom stereocenters. The van der Waals surface area contributed by atoms with Gasteiger partial charge in [-0.15, -0.1) is 0 Å². The molecule has 0 aliphatic heterocycles. The van der Waals surface area contributed by atoms with Gasteiger partial charge in [0, 0.05) is 12.1 Å². The van der Waals surface area contributed by atoms with E-state index in [0.29, 0.717) is 0 Å². The normalized spacial score (nSPS) is 11.2. The van der Waals surface area contributed by atoms with E-state index in [0.717, 1.165) is 16.5 Å². The summed E-state index contributed by atoms with van der Waals surface area (Å²) in [6, 6.07) is 21.3. The summed E-state index contributed by atoms with van der Waals surface area (Å²) < 4.78 is 1.41. The number of hydrogen-bond donors (Lipinski definition) is 2. The second kappa shape index (κ2) is 4.28. The van der Waals surface area contributed by atoms with Crippen molar-refractivity contribution < 1.29 is 10.2 Å². The zero-order valence-electron chi connectivity index (χ0n) is 11.2. The quantitative estimate of drug-likeness (QED) is 0.511. The number of hydrogen-bond acceptors (Lipinski definition) is 2. The van der Waals surface area contributed by atoms with Gasteiger partial charge in [-0.25, -0.2) is 0 Å². The molecule has 0 amide bonds. The lowest BCUT2D eigenvalue weighted by Crippen LogP contribution is -1.92. The van der Waals surface area contributed by atoms with Crippen LogP contribution in [0.1, 0.15) is 0 Å². The van der Waals surface area contributed by atoms with Crippen LogP contribution in [0.15, 0.2) is 66.7 Å².